The maximum atomic E-state index is 10.2. The normalized spacial score (nSPS) is 12.8. The van der Waals surface area contributed by atoms with E-state index in [1.165, 1.54) is 0 Å². The highest BCUT2D eigenvalue weighted by atomic mass is 16.5. The summed E-state index contributed by atoms with van der Waals surface area (Å²) in [5.41, 5.74) is 0. The summed E-state index contributed by atoms with van der Waals surface area (Å²) >= 11 is 0. The van der Waals surface area contributed by atoms with Crippen molar-refractivity contribution >= 4 is 5.97 Å². The van der Waals surface area contributed by atoms with Gasteiger partial charge in [0.25, 0.3) is 0 Å². The number of carboxylic acids is 1. The molecule has 5 heteroatoms. The molecule has 0 fully saturated rings. The van der Waals surface area contributed by atoms with Gasteiger partial charge in [-0.1, -0.05) is 0 Å². The van der Waals surface area contributed by atoms with Gasteiger partial charge in [-0.25, -0.2) is 0 Å². The van der Waals surface area contributed by atoms with Crippen LogP contribution in [0.1, 0.15) is 13.3 Å². The molecule has 13 heavy (non-hydrogen) atoms. The Morgan fingerprint density at radius 1 is 1.54 bits per heavy atom. The molecular formula is C8H17NO4. The predicted octanol–water partition coefficient (Wildman–Crippen LogP) is -0.552. The maximum absolute atomic E-state index is 10.2. The summed E-state index contributed by atoms with van der Waals surface area (Å²) < 4.78 is 4.98. The van der Waals surface area contributed by atoms with Gasteiger partial charge in [0.05, 0.1) is 26.2 Å². The molecule has 0 aromatic heterocycles. The zero-order chi connectivity index (χ0) is 10.1. The van der Waals surface area contributed by atoms with E-state index in [1.54, 1.807) is 6.92 Å². The minimum atomic E-state index is -0.809. The van der Waals surface area contributed by atoms with Gasteiger partial charge in [-0.2, -0.15) is 0 Å². The molecule has 5 nitrogen and oxygen atoms in total. The van der Waals surface area contributed by atoms with Crippen molar-refractivity contribution in [3.05, 3.63) is 0 Å². The Labute approximate surface area is 77.7 Å². The molecule has 0 aliphatic rings. The molecule has 0 aromatic carbocycles. The van der Waals surface area contributed by atoms with Crippen LogP contribution in [0.4, 0.5) is 0 Å². The van der Waals surface area contributed by atoms with Crippen LogP contribution in [-0.4, -0.2) is 48.6 Å². The number of aliphatic carboxylic acids is 1. The van der Waals surface area contributed by atoms with Crippen LogP contribution in [0.25, 0.3) is 0 Å². The Balaban J connectivity index is 3.17. The largest absolute Gasteiger partial charge is 0.481 e. The molecule has 0 rings (SSSR count). The predicted molar refractivity (Wildman–Crippen MR) is 47.6 cm³/mol. The highest BCUT2D eigenvalue weighted by molar-refractivity contribution is 5.67. The number of carboxylic acid groups (broad SMARTS) is 1. The van der Waals surface area contributed by atoms with E-state index in [2.05, 4.69) is 5.32 Å². The van der Waals surface area contributed by atoms with Crippen molar-refractivity contribution in [1.29, 1.82) is 0 Å². The van der Waals surface area contributed by atoms with Crippen LogP contribution >= 0.6 is 0 Å². The van der Waals surface area contributed by atoms with Crippen molar-refractivity contribution in [3.8, 4) is 0 Å². The van der Waals surface area contributed by atoms with Gasteiger partial charge in [-0.05, 0) is 6.92 Å². The van der Waals surface area contributed by atoms with E-state index in [4.69, 9.17) is 14.9 Å². The molecule has 0 spiro atoms. The fraction of sp³-hybridized carbons (Fsp3) is 0.875. The molecule has 3 N–H and O–H groups in total. The molecule has 1 atom stereocenters. The molecule has 0 saturated carbocycles. The second kappa shape index (κ2) is 7.97. The highest BCUT2D eigenvalue weighted by Crippen LogP contribution is 1.88. The quantitative estimate of drug-likeness (QED) is 0.448. The summed E-state index contributed by atoms with van der Waals surface area (Å²) in [5.74, 6) is -0.809. The van der Waals surface area contributed by atoms with Crippen LogP contribution in [0.3, 0.4) is 0 Å². The van der Waals surface area contributed by atoms with E-state index in [-0.39, 0.29) is 19.1 Å². The van der Waals surface area contributed by atoms with Gasteiger partial charge < -0.3 is 20.3 Å². The monoisotopic (exact) mass is 191 g/mol. The molecular weight excluding hydrogens is 174 g/mol. The van der Waals surface area contributed by atoms with Gasteiger partial charge in [0.15, 0.2) is 0 Å². The Bertz CT molecular complexity index is 140. The second-order valence-corrected chi connectivity index (χ2v) is 2.79. The fourth-order valence-electron chi connectivity index (χ4n) is 0.878. The maximum Gasteiger partial charge on any atom is 0.304 e. The summed E-state index contributed by atoms with van der Waals surface area (Å²) in [5, 5.41) is 19.8. The van der Waals surface area contributed by atoms with E-state index in [0.717, 1.165) is 0 Å². The molecule has 0 aliphatic carbocycles. The third-order valence-electron chi connectivity index (χ3n) is 1.46. The number of nitrogens with one attached hydrogen (secondary N) is 1. The van der Waals surface area contributed by atoms with Crippen LogP contribution in [-0.2, 0) is 9.53 Å². The Hall–Kier alpha value is -0.650. The summed E-state index contributed by atoms with van der Waals surface area (Å²) in [6.45, 7) is 3.25. The van der Waals surface area contributed by atoms with Crippen molar-refractivity contribution < 1.29 is 19.7 Å². The number of hydrogen-bond acceptors (Lipinski definition) is 4. The third kappa shape index (κ3) is 9.26. The van der Waals surface area contributed by atoms with E-state index < -0.39 is 5.97 Å². The van der Waals surface area contributed by atoms with Gasteiger partial charge in [0.1, 0.15) is 0 Å². The number of aliphatic hydroxyl groups is 1. The van der Waals surface area contributed by atoms with Crippen LogP contribution in [0, 0.1) is 0 Å². The average Bonchev–Trinajstić information content (AvgIpc) is 2.02. The van der Waals surface area contributed by atoms with Gasteiger partial charge in [-0.3, -0.25) is 4.79 Å². The van der Waals surface area contributed by atoms with Crippen molar-refractivity contribution in [2.45, 2.75) is 19.4 Å². The summed E-state index contributed by atoms with van der Waals surface area (Å²) in [7, 11) is 0. The molecule has 0 heterocycles. The van der Waals surface area contributed by atoms with Gasteiger partial charge >= 0.3 is 5.97 Å². The van der Waals surface area contributed by atoms with E-state index >= 15 is 0 Å². The van der Waals surface area contributed by atoms with E-state index in [1.807, 2.05) is 0 Å². The fourth-order valence-corrected chi connectivity index (χ4v) is 0.878. The SMILES string of the molecule is CC(CC(=O)O)NCCOCCO. The third-order valence-corrected chi connectivity index (χ3v) is 1.46. The van der Waals surface area contributed by atoms with E-state index in [9.17, 15) is 4.79 Å². The molecule has 0 saturated heterocycles. The first kappa shape index (κ1) is 12.3. The minimum absolute atomic E-state index is 0.0185. The topological polar surface area (TPSA) is 78.8 Å². The zero-order valence-corrected chi connectivity index (χ0v) is 7.82. The number of aliphatic hydroxyl groups excluding tert-OH is 1. The van der Waals surface area contributed by atoms with Crippen molar-refractivity contribution in [2.75, 3.05) is 26.4 Å². The molecule has 0 radical (unpaired) electrons. The first-order valence-corrected chi connectivity index (χ1v) is 4.30. The lowest BCUT2D eigenvalue weighted by Gasteiger charge is -2.10. The number of carbonyl (C=O) groups is 1. The second-order valence-electron chi connectivity index (χ2n) is 2.79. The Morgan fingerprint density at radius 3 is 2.77 bits per heavy atom. The minimum Gasteiger partial charge on any atom is -0.481 e. The lowest BCUT2D eigenvalue weighted by molar-refractivity contribution is -0.137. The first-order valence-electron chi connectivity index (χ1n) is 4.30. The van der Waals surface area contributed by atoms with Gasteiger partial charge in [0.2, 0.25) is 0 Å². The first-order chi connectivity index (χ1) is 6.16. The number of hydrogen-bond donors (Lipinski definition) is 3. The van der Waals surface area contributed by atoms with Crippen LogP contribution < -0.4 is 5.32 Å². The van der Waals surface area contributed by atoms with Crippen LogP contribution in [0.2, 0.25) is 0 Å². The van der Waals surface area contributed by atoms with Crippen molar-refractivity contribution in [1.82, 2.24) is 5.32 Å². The molecule has 0 aliphatic heterocycles. The molecule has 0 bridgehead atoms. The molecule has 0 amide bonds. The van der Waals surface area contributed by atoms with Crippen molar-refractivity contribution in [3.63, 3.8) is 0 Å². The Kier molecular flexibility index (Phi) is 7.57. The van der Waals surface area contributed by atoms with Gasteiger partial charge in [0, 0.05) is 12.6 Å². The molecule has 1 unspecified atom stereocenters. The van der Waals surface area contributed by atoms with Crippen LogP contribution in [0.5, 0.6) is 0 Å². The van der Waals surface area contributed by atoms with Gasteiger partial charge in [-0.15, -0.1) is 0 Å². The summed E-state index contributed by atoms with van der Waals surface area (Å²) in [6.07, 6.45) is 0.111. The summed E-state index contributed by atoms with van der Waals surface area (Å²) in [4.78, 5) is 10.2. The van der Waals surface area contributed by atoms with E-state index in [0.29, 0.717) is 19.8 Å². The summed E-state index contributed by atoms with van der Waals surface area (Å²) in [6, 6.07) is -0.0461. The molecule has 78 valence electrons. The highest BCUT2D eigenvalue weighted by Gasteiger charge is 2.05. The van der Waals surface area contributed by atoms with Crippen LogP contribution in [0.15, 0.2) is 0 Å². The smallest absolute Gasteiger partial charge is 0.304 e. The molecule has 0 aromatic rings. The number of ether oxygens (including phenoxy) is 1. The zero-order valence-electron chi connectivity index (χ0n) is 7.82. The van der Waals surface area contributed by atoms with Crippen molar-refractivity contribution in [2.24, 2.45) is 0 Å². The standard InChI is InChI=1S/C8H17NO4/c1-7(6-8(11)12)9-2-4-13-5-3-10/h7,9-10H,2-6H2,1H3,(H,11,12). The lowest BCUT2D eigenvalue weighted by atomic mass is 10.2. The number of rotatable bonds is 8. The average molecular weight is 191 g/mol. The Morgan fingerprint density at radius 2 is 2.23 bits per heavy atom. The lowest BCUT2D eigenvalue weighted by Crippen LogP contribution is -2.31.